The molecule has 2 aliphatic rings. The highest BCUT2D eigenvalue weighted by Crippen LogP contribution is 2.39. The quantitative estimate of drug-likeness (QED) is 0.908. The van der Waals surface area contributed by atoms with Gasteiger partial charge in [-0.05, 0) is 43.1 Å². The fraction of sp³-hybridized carbons (Fsp3) is 0.450. The highest BCUT2D eigenvalue weighted by Gasteiger charge is 2.35. The van der Waals surface area contributed by atoms with Crippen LogP contribution in [-0.4, -0.2) is 40.7 Å². The van der Waals surface area contributed by atoms with E-state index < -0.39 is 0 Å². The van der Waals surface area contributed by atoms with Crippen molar-refractivity contribution in [2.24, 2.45) is 0 Å². The Labute approximate surface area is 143 Å². The Morgan fingerprint density at radius 3 is 2.83 bits per heavy atom. The van der Waals surface area contributed by atoms with Gasteiger partial charge in [-0.3, -0.25) is 0 Å². The lowest BCUT2D eigenvalue weighted by Gasteiger charge is -2.31. The molecule has 0 radical (unpaired) electrons. The molecule has 1 aromatic carbocycles. The van der Waals surface area contributed by atoms with E-state index in [1.165, 1.54) is 43.5 Å². The molecule has 0 amide bonds. The molecule has 2 atom stereocenters. The first-order valence-corrected chi connectivity index (χ1v) is 8.98. The molecule has 1 fully saturated rings. The van der Waals surface area contributed by atoms with Crippen molar-refractivity contribution in [3.8, 4) is 0 Å². The van der Waals surface area contributed by atoms with Gasteiger partial charge in [0.2, 0.25) is 0 Å². The summed E-state index contributed by atoms with van der Waals surface area (Å²) in [5, 5.41) is 13.1. The van der Waals surface area contributed by atoms with Crippen LogP contribution in [0.5, 0.6) is 0 Å². The molecule has 0 aliphatic carbocycles. The van der Waals surface area contributed by atoms with Crippen LogP contribution in [0.3, 0.4) is 0 Å². The third-order valence-corrected chi connectivity index (χ3v) is 5.29. The second-order valence-corrected chi connectivity index (χ2v) is 6.93. The molecule has 126 valence electrons. The van der Waals surface area contributed by atoms with Crippen LogP contribution >= 0.6 is 0 Å². The maximum Gasteiger partial charge on any atom is 0.130 e. The van der Waals surface area contributed by atoms with Gasteiger partial charge in [0.05, 0.1) is 12.6 Å². The number of aliphatic hydroxyl groups excluding tert-OH is 1. The van der Waals surface area contributed by atoms with E-state index in [1.807, 2.05) is 24.4 Å². The second kappa shape index (κ2) is 6.91. The standard InChI is InChI=1S/C20H25N3O/c24-14-15-6-4-7-16(12-15)19-17-8-5-9-21-20(17)22-18(19)13-23-10-2-1-3-11-23/h4-9,12,18-19,24H,1-3,10-11,13-14H2,(H,21,22). The summed E-state index contributed by atoms with van der Waals surface area (Å²) in [4.78, 5) is 7.12. The monoisotopic (exact) mass is 323 g/mol. The predicted molar refractivity (Wildman–Crippen MR) is 96.1 cm³/mol. The summed E-state index contributed by atoms with van der Waals surface area (Å²) in [6, 6.07) is 12.9. The molecule has 1 aromatic heterocycles. The summed E-state index contributed by atoms with van der Waals surface area (Å²) < 4.78 is 0. The Morgan fingerprint density at radius 1 is 1.12 bits per heavy atom. The van der Waals surface area contributed by atoms with E-state index in [1.54, 1.807) is 0 Å². The van der Waals surface area contributed by atoms with Crippen molar-refractivity contribution in [1.29, 1.82) is 0 Å². The number of nitrogens with zero attached hydrogens (tertiary/aromatic N) is 2. The van der Waals surface area contributed by atoms with Crippen LogP contribution in [0, 0.1) is 0 Å². The number of nitrogens with one attached hydrogen (secondary N) is 1. The molecule has 4 rings (SSSR count). The number of benzene rings is 1. The normalized spacial score (nSPS) is 23.7. The second-order valence-electron chi connectivity index (χ2n) is 6.93. The SMILES string of the molecule is OCc1cccc(C2c3cccnc3NC2CN2CCCCC2)c1. The Bertz CT molecular complexity index is 697. The van der Waals surface area contributed by atoms with Crippen LogP contribution in [0.2, 0.25) is 0 Å². The van der Waals surface area contributed by atoms with E-state index in [4.69, 9.17) is 0 Å². The van der Waals surface area contributed by atoms with Crippen molar-refractivity contribution < 1.29 is 5.11 Å². The van der Waals surface area contributed by atoms with Crippen molar-refractivity contribution in [1.82, 2.24) is 9.88 Å². The average Bonchev–Trinajstić information content (AvgIpc) is 3.00. The van der Waals surface area contributed by atoms with Crippen LogP contribution in [0.15, 0.2) is 42.6 Å². The maximum atomic E-state index is 9.49. The zero-order valence-corrected chi connectivity index (χ0v) is 14.0. The van der Waals surface area contributed by atoms with Crippen LogP contribution in [0.25, 0.3) is 0 Å². The number of rotatable bonds is 4. The van der Waals surface area contributed by atoms with Crippen LogP contribution < -0.4 is 5.32 Å². The van der Waals surface area contributed by atoms with Crippen molar-refractivity contribution >= 4 is 5.82 Å². The number of fused-ring (bicyclic) bond motifs is 1. The minimum absolute atomic E-state index is 0.0880. The number of likely N-dealkylation sites (tertiary alicyclic amines) is 1. The topological polar surface area (TPSA) is 48.4 Å². The highest BCUT2D eigenvalue weighted by atomic mass is 16.3. The first-order chi connectivity index (χ1) is 11.8. The van der Waals surface area contributed by atoms with Gasteiger partial charge in [-0.15, -0.1) is 0 Å². The molecule has 2 unspecified atom stereocenters. The highest BCUT2D eigenvalue weighted by molar-refractivity contribution is 5.58. The van der Waals surface area contributed by atoms with Gasteiger partial charge < -0.3 is 15.3 Å². The number of hydrogen-bond acceptors (Lipinski definition) is 4. The number of hydrogen-bond donors (Lipinski definition) is 2. The molecule has 24 heavy (non-hydrogen) atoms. The fourth-order valence-electron chi connectivity index (χ4n) is 4.13. The molecule has 0 bridgehead atoms. The molecule has 1 saturated heterocycles. The smallest absolute Gasteiger partial charge is 0.130 e. The Balaban J connectivity index is 1.65. The molecule has 2 aliphatic heterocycles. The van der Waals surface area contributed by atoms with Crippen molar-refractivity contribution in [3.63, 3.8) is 0 Å². The van der Waals surface area contributed by atoms with E-state index in [-0.39, 0.29) is 6.61 Å². The van der Waals surface area contributed by atoms with E-state index in [2.05, 4.69) is 33.4 Å². The molecular formula is C20H25N3O. The van der Waals surface area contributed by atoms with E-state index in [0.29, 0.717) is 12.0 Å². The molecule has 4 heteroatoms. The predicted octanol–water partition coefficient (Wildman–Crippen LogP) is 2.99. The van der Waals surface area contributed by atoms with Gasteiger partial charge in [0.1, 0.15) is 5.82 Å². The minimum Gasteiger partial charge on any atom is -0.392 e. The zero-order chi connectivity index (χ0) is 16.4. The first kappa shape index (κ1) is 15.6. The number of aromatic nitrogens is 1. The third-order valence-electron chi connectivity index (χ3n) is 5.29. The van der Waals surface area contributed by atoms with Gasteiger partial charge in [0, 0.05) is 24.2 Å². The van der Waals surface area contributed by atoms with Gasteiger partial charge in [0.15, 0.2) is 0 Å². The first-order valence-electron chi connectivity index (χ1n) is 8.98. The molecule has 2 N–H and O–H groups in total. The largest absolute Gasteiger partial charge is 0.392 e. The van der Waals surface area contributed by atoms with Gasteiger partial charge in [-0.1, -0.05) is 36.8 Å². The molecule has 4 nitrogen and oxygen atoms in total. The molecular weight excluding hydrogens is 298 g/mol. The van der Waals surface area contributed by atoms with Gasteiger partial charge in [-0.2, -0.15) is 0 Å². The van der Waals surface area contributed by atoms with Gasteiger partial charge in [0.25, 0.3) is 0 Å². The number of aliphatic hydroxyl groups is 1. The van der Waals surface area contributed by atoms with Crippen LogP contribution in [-0.2, 0) is 6.61 Å². The maximum absolute atomic E-state index is 9.49. The Hall–Kier alpha value is -1.91. The van der Waals surface area contributed by atoms with Crippen molar-refractivity contribution in [3.05, 3.63) is 59.3 Å². The Kier molecular flexibility index (Phi) is 4.50. The van der Waals surface area contributed by atoms with Crippen LogP contribution in [0.4, 0.5) is 5.82 Å². The van der Waals surface area contributed by atoms with E-state index in [0.717, 1.165) is 17.9 Å². The van der Waals surface area contributed by atoms with Gasteiger partial charge in [-0.25, -0.2) is 4.98 Å². The molecule has 2 aromatic rings. The lowest BCUT2D eigenvalue weighted by atomic mass is 9.87. The average molecular weight is 323 g/mol. The van der Waals surface area contributed by atoms with Crippen molar-refractivity contribution in [2.75, 3.05) is 25.0 Å². The van der Waals surface area contributed by atoms with E-state index in [9.17, 15) is 5.11 Å². The summed E-state index contributed by atoms with van der Waals surface area (Å²) in [6.45, 7) is 3.53. The summed E-state index contributed by atoms with van der Waals surface area (Å²) in [5.41, 5.74) is 3.51. The van der Waals surface area contributed by atoms with Gasteiger partial charge >= 0.3 is 0 Å². The minimum atomic E-state index is 0.0880. The lowest BCUT2D eigenvalue weighted by molar-refractivity contribution is 0.217. The number of anilines is 1. The summed E-state index contributed by atoms with van der Waals surface area (Å²) >= 11 is 0. The summed E-state index contributed by atoms with van der Waals surface area (Å²) in [7, 11) is 0. The lowest BCUT2D eigenvalue weighted by Crippen LogP contribution is -2.40. The summed E-state index contributed by atoms with van der Waals surface area (Å²) in [6.07, 6.45) is 5.83. The Morgan fingerprint density at radius 2 is 2.00 bits per heavy atom. The van der Waals surface area contributed by atoms with Crippen molar-refractivity contribution in [2.45, 2.75) is 37.8 Å². The van der Waals surface area contributed by atoms with Crippen LogP contribution in [0.1, 0.15) is 41.9 Å². The summed E-state index contributed by atoms with van der Waals surface area (Å²) in [5.74, 6) is 1.31. The number of pyridine rings is 1. The fourth-order valence-corrected chi connectivity index (χ4v) is 4.13. The van der Waals surface area contributed by atoms with E-state index >= 15 is 0 Å². The molecule has 0 saturated carbocycles. The molecule has 3 heterocycles. The molecule has 0 spiro atoms. The number of piperidine rings is 1. The zero-order valence-electron chi connectivity index (χ0n) is 14.0. The third kappa shape index (κ3) is 3.04.